The van der Waals surface area contributed by atoms with Crippen LogP contribution in [-0.2, 0) is 32.6 Å². The Balaban J connectivity index is 1.29. The summed E-state index contributed by atoms with van der Waals surface area (Å²) < 4.78 is 27.7. The van der Waals surface area contributed by atoms with Crippen molar-refractivity contribution in [3.63, 3.8) is 0 Å². The second-order valence-electron chi connectivity index (χ2n) is 10.3. The quantitative estimate of drug-likeness (QED) is 0.494. The monoisotopic (exact) mass is 590 g/mol. The molecule has 2 aromatic carbocycles. The van der Waals surface area contributed by atoms with E-state index in [9.17, 15) is 18.0 Å². The molecule has 11 heteroatoms. The van der Waals surface area contributed by atoms with Crippen molar-refractivity contribution in [2.45, 2.75) is 68.5 Å². The van der Waals surface area contributed by atoms with Gasteiger partial charge < -0.3 is 10.6 Å². The van der Waals surface area contributed by atoms with Crippen molar-refractivity contribution in [1.29, 1.82) is 0 Å². The molecule has 0 bridgehead atoms. The summed E-state index contributed by atoms with van der Waals surface area (Å²) in [6.45, 7) is 3.22. The molecule has 1 fully saturated rings. The van der Waals surface area contributed by atoms with Gasteiger partial charge in [-0.3, -0.25) is 18.8 Å². The number of rotatable bonds is 7. The SMILES string of the molecule is O=C(C[C@@H]1C(=O)NC=CN1S(=O)(=O)c1ccc(Cl)c(Cl)c1)N[C@@H]1CCCc2cc(CN3CCCCC3)ccc21. The maximum atomic E-state index is 13.4. The third-order valence-electron chi connectivity index (χ3n) is 7.61. The molecule has 0 spiro atoms. The lowest BCUT2D eigenvalue weighted by molar-refractivity contribution is -0.129. The third kappa shape index (κ3) is 6.27. The van der Waals surface area contributed by atoms with Crippen molar-refractivity contribution in [3.05, 3.63) is 75.5 Å². The number of carbonyl (C=O) groups is 2. The van der Waals surface area contributed by atoms with E-state index in [0.717, 1.165) is 48.8 Å². The molecule has 2 aromatic rings. The number of likely N-dealkylation sites (tertiary alicyclic amines) is 1. The largest absolute Gasteiger partial charge is 0.349 e. The predicted molar refractivity (Wildman–Crippen MR) is 151 cm³/mol. The molecule has 0 radical (unpaired) electrons. The Bertz CT molecular complexity index is 1390. The molecule has 2 N–H and O–H groups in total. The summed E-state index contributed by atoms with van der Waals surface area (Å²) in [4.78, 5) is 28.3. The van der Waals surface area contributed by atoms with Gasteiger partial charge in [0.15, 0.2) is 0 Å². The number of fused-ring (bicyclic) bond motifs is 1. The summed E-state index contributed by atoms with van der Waals surface area (Å²) in [5.41, 5.74) is 3.62. The molecule has 2 heterocycles. The molecular formula is C28H32Cl2N4O4S. The van der Waals surface area contributed by atoms with Gasteiger partial charge in [0.1, 0.15) is 6.04 Å². The van der Waals surface area contributed by atoms with Crippen LogP contribution in [0.2, 0.25) is 10.0 Å². The van der Waals surface area contributed by atoms with Crippen LogP contribution in [0.4, 0.5) is 0 Å². The van der Waals surface area contributed by atoms with E-state index in [2.05, 4.69) is 33.7 Å². The van der Waals surface area contributed by atoms with Crippen molar-refractivity contribution >= 4 is 45.0 Å². The highest BCUT2D eigenvalue weighted by Crippen LogP contribution is 2.32. The van der Waals surface area contributed by atoms with Crippen molar-refractivity contribution in [3.8, 4) is 0 Å². The number of piperidine rings is 1. The van der Waals surface area contributed by atoms with Crippen molar-refractivity contribution in [2.75, 3.05) is 13.1 Å². The van der Waals surface area contributed by atoms with Gasteiger partial charge >= 0.3 is 0 Å². The molecule has 208 valence electrons. The predicted octanol–water partition coefficient (Wildman–Crippen LogP) is 4.52. The fourth-order valence-corrected chi connectivity index (χ4v) is 7.46. The Morgan fingerprint density at radius 2 is 1.82 bits per heavy atom. The van der Waals surface area contributed by atoms with Gasteiger partial charge in [-0.2, -0.15) is 0 Å². The van der Waals surface area contributed by atoms with Crippen LogP contribution in [0.3, 0.4) is 0 Å². The number of benzene rings is 2. The average molecular weight is 592 g/mol. The molecule has 0 unspecified atom stereocenters. The maximum absolute atomic E-state index is 13.4. The summed E-state index contributed by atoms with van der Waals surface area (Å²) in [5.74, 6) is -0.974. The zero-order valence-corrected chi connectivity index (χ0v) is 23.9. The molecule has 0 aromatic heterocycles. The molecule has 0 saturated carbocycles. The van der Waals surface area contributed by atoms with E-state index in [1.165, 1.54) is 61.0 Å². The van der Waals surface area contributed by atoms with Crippen LogP contribution < -0.4 is 10.6 Å². The number of sulfonamides is 1. The van der Waals surface area contributed by atoms with Crippen LogP contribution >= 0.6 is 23.2 Å². The molecule has 1 aliphatic carbocycles. The Morgan fingerprint density at radius 1 is 1.03 bits per heavy atom. The van der Waals surface area contributed by atoms with Gasteiger partial charge in [0.05, 0.1) is 27.4 Å². The molecule has 2 atom stereocenters. The van der Waals surface area contributed by atoms with Crippen LogP contribution in [-0.4, -0.2) is 48.6 Å². The van der Waals surface area contributed by atoms with Crippen LogP contribution in [0.5, 0.6) is 0 Å². The first-order valence-electron chi connectivity index (χ1n) is 13.3. The van der Waals surface area contributed by atoms with Crippen molar-refractivity contribution < 1.29 is 18.0 Å². The van der Waals surface area contributed by atoms with Gasteiger partial charge in [-0.25, -0.2) is 8.42 Å². The molecule has 2 aliphatic heterocycles. The van der Waals surface area contributed by atoms with Crippen molar-refractivity contribution in [1.82, 2.24) is 19.8 Å². The highest BCUT2D eigenvalue weighted by atomic mass is 35.5. The van der Waals surface area contributed by atoms with E-state index in [-0.39, 0.29) is 27.4 Å². The van der Waals surface area contributed by atoms with Crippen LogP contribution in [0.15, 0.2) is 53.7 Å². The van der Waals surface area contributed by atoms with Gasteiger partial charge in [0.2, 0.25) is 11.8 Å². The van der Waals surface area contributed by atoms with E-state index >= 15 is 0 Å². The Hall–Kier alpha value is -2.59. The zero-order chi connectivity index (χ0) is 27.6. The maximum Gasteiger partial charge on any atom is 0.264 e. The van der Waals surface area contributed by atoms with Gasteiger partial charge in [0, 0.05) is 18.9 Å². The van der Waals surface area contributed by atoms with E-state index in [0.29, 0.717) is 0 Å². The highest BCUT2D eigenvalue weighted by molar-refractivity contribution is 7.89. The minimum absolute atomic E-state index is 0.0764. The Labute approximate surface area is 239 Å². The number of amides is 2. The second kappa shape index (κ2) is 11.9. The average Bonchev–Trinajstić information content (AvgIpc) is 2.92. The smallest absolute Gasteiger partial charge is 0.264 e. The number of nitrogens with zero attached hydrogens (tertiary/aromatic N) is 2. The first-order chi connectivity index (χ1) is 18.7. The van der Waals surface area contributed by atoms with Crippen LogP contribution in [0.25, 0.3) is 0 Å². The Kier molecular flexibility index (Phi) is 8.52. The molecule has 3 aliphatic rings. The number of halogens is 2. The van der Waals surface area contributed by atoms with Gasteiger partial charge in [-0.05, 0) is 80.1 Å². The number of aryl methyl sites for hydroxylation is 1. The summed E-state index contributed by atoms with van der Waals surface area (Å²) in [7, 11) is -4.17. The number of hydrogen-bond acceptors (Lipinski definition) is 5. The van der Waals surface area contributed by atoms with Gasteiger partial charge in [0.25, 0.3) is 10.0 Å². The summed E-state index contributed by atoms with van der Waals surface area (Å²) in [6.07, 6.45) is 8.65. The molecule has 39 heavy (non-hydrogen) atoms. The molecule has 8 nitrogen and oxygen atoms in total. The van der Waals surface area contributed by atoms with E-state index in [1.54, 1.807) is 0 Å². The third-order valence-corrected chi connectivity index (χ3v) is 10.1. The molecule has 1 saturated heterocycles. The fraction of sp³-hybridized carbons (Fsp3) is 0.429. The standard InChI is InChI=1S/C28H32Cl2N4O4S/c29-23-10-8-21(16-24(23)30)39(37,38)34-14-11-31-28(36)26(34)17-27(35)32-25-6-4-5-20-15-19(7-9-22(20)25)18-33-12-2-1-3-13-33/h7-11,14-16,25-26H,1-6,12-13,17-18H2,(H,31,36)(H,32,35)/t25-,26-/m1/s1. The lowest BCUT2D eigenvalue weighted by Crippen LogP contribution is -2.51. The minimum Gasteiger partial charge on any atom is -0.349 e. The summed E-state index contributed by atoms with van der Waals surface area (Å²) >= 11 is 12.0. The first-order valence-corrected chi connectivity index (χ1v) is 15.5. The lowest BCUT2D eigenvalue weighted by atomic mass is 9.86. The summed E-state index contributed by atoms with van der Waals surface area (Å²) in [6, 6.07) is 9.00. The number of nitrogens with one attached hydrogen (secondary N) is 2. The highest BCUT2D eigenvalue weighted by Gasteiger charge is 2.37. The summed E-state index contributed by atoms with van der Waals surface area (Å²) in [5, 5.41) is 5.86. The van der Waals surface area contributed by atoms with Crippen LogP contribution in [0, 0.1) is 0 Å². The van der Waals surface area contributed by atoms with E-state index in [1.807, 2.05) is 0 Å². The van der Waals surface area contributed by atoms with E-state index < -0.39 is 27.9 Å². The first kappa shape index (κ1) is 28.0. The topological polar surface area (TPSA) is 98.8 Å². The second-order valence-corrected chi connectivity index (χ2v) is 13.0. The van der Waals surface area contributed by atoms with Crippen LogP contribution in [0.1, 0.15) is 61.3 Å². The fourth-order valence-electron chi connectivity index (χ4n) is 5.62. The molecule has 5 rings (SSSR count). The number of carbonyl (C=O) groups excluding carboxylic acids is 2. The molecular weight excluding hydrogens is 559 g/mol. The molecule has 2 amide bonds. The van der Waals surface area contributed by atoms with E-state index in [4.69, 9.17) is 23.2 Å². The number of hydrogen-bond donors (Lipinski definition) is 2. The lowest BCUT2D eigenvalue weighted by Gasteiger charge is -2.32. The minimum atomic E-state index is -4.17. The van der Waals surface area contributed by atoms with Gasteiger partial charge in [-0.1, -0.05) is 47.8 Å². The Morgan fingerprint density at radius 3 is 2.59 bits per heavy atom. The van der Waals surface area contributed by atoms with Gasteiger partial charge in [-0.15, -0.1) is 0 Å². The normalized spacial score (nSPS) is 21.8. The zero-order valence-electron chi connectivity index (χ0n) is 21.5. The van der Waals surface area contributed by atoms with Crippen molar-refractivity contribution in [2.24, 2.45) is 0 Å².